The lowest BCUT2D eigenvalue weighted by Crippen LogP contribution is -2.22. The second kappa shape index (κ2) is 6.76. The first kappa shape index (κ1) is 14.8. The summed E-state index contributed by atoms with van der Waals surface area (Å²) < 4.78 is 0. The van der Waals surface area contributed by atoms with Crippen LogP contribution < -0.4 is 5.32 Å². The van der Waals surface area contributed by atoms with Crippen molar-refractivity contribution in [2.75, 3.05) is 13.1 Å². The number of H-pyrrole nitrogens is 1. The maximum Gasteiger partial charge on any atom is 0.0458 e. The van der Waals surface area contributed by atoms with Crippen molar-refractivity contribution in [2.45, 2.75) is 32.1 Å². The van der Waals surface area contributed by atoms with Crippen LogP contribution in [0.3, 0.4) is 0 Å². The molecule has 0 spiro atoms. The van der Waals surface area contributed by atoms with E-state index in [1.807, 2.05) is 0 Å². The Balaban J connectivity index is 1.64. The van der Waals surface area contributed by atoms with Gasteiger partial charge in [-0.25, -0.2) is 0 Å². The number of hydrogen-bond acceptors (Lipinski definition) is 1. The van der Waals surface area contributed by atoms with Crippen molar-refractivity contribution in [1.29, 1.82) is 0 Å². The lowest BCUT2D eigenvalue weighted by Gasteiger charge is -2.25. The van der Waals surface area contributed by atoms with Crippen molar-refractivity contribution in [3.05, 3.63) is 59.8 Å². The fourth-order valence-electron chi connectivity index (χ4n) is 4.19. The quantitative estimate of drug-likeness (QED) is 0.742. The normalized spacial score (nSPS) is 25.4. The zero-order valence-electron chi connectivity index (χ0n) is 13.7. The highest BCUT2D eigenvalue weighted by Crippen LogP contribution is 2.30. The number of rotatable bonds is 0. The van der Waals surface area contributed by atoms with E-state index in [9.17, 15) is 0 Å². The maximum absolute atomic E-state index is 3.69. The van der Waals surface area contributed by atoms with Crippen molar-refractivity contribution < 1.29 is 0 Å². The number of aromatic nitrogens is 1. The van der Waals surface area contributed by atoms with E-state index in [-0.39, 0.29) is 0 Å². The third-order valence-corrected chi connectivity index (χ3v) is 5.45. The van der Waals surface area contributed by atoms with E-state index in [2.05, 4.69) is 58.9 Å². The zero-order chi connectivity index (χ0) is 15.5. The highest BCUT2D eigenvalue weighted by Gasteiger charge is 2.20. The summed E-state index contributed by atoms with van der Waals surface area (Å²) in [6.07, 6.45) is 15.4. The predicted molar refractivity (Wildman–Crippen MR) is 97.7 cm³/mol. The Morgan fingerprint density at radius 1 is 0.870 bits per heavy atom. The summed E-state index contributed by atoms with van der Waals surface area (Å²) in [5, 5.41) is 5.05. The molecule has 2 atom stereocenters. The van der Waals surface area contributed by atoms with Crippen LogP contribution in [0.1, 0.15) is 30.5 Å². The monoisotopic (exact) mass is 306 g/mol. The van der Waals surface area contributed by atoms with Crippen LogP contribution in [0, 0.1) is 11.8 Å². The summed E-state index contributed by atoms with van der Waals surface area (Å²) in [5.41, 5.74) is 4.28. The van der Waals surface area contributed by atoms with Crippen LogP contribution in [0.5, 0.6) is 0 Å². The molecule has 0 amide bonds. The summed E-state index contributed by atoms with van der Waals surface area (Å²) >= 11 is 0. The molecule has 0 saturated heterocycles. The number of aromatic amines is 1. The van der Waals surface area contributed by atoms with E-state index in [0.717, 1.165) is 25.9 Å². The van der Waals surface area contributed by atoms with Gasteiger partial charge in [-0.3, -0.25) is 0 Å². The van der Waals surface area contributed by atoms with E-state index in [1.165, 1.54) is 41.4 Å². The van der Waals surface area contributed by atoms with E-state index < -0.39 is 0 Å². The highest BCUT2D eigenvalue weighted by molar-refractivity contribution is 5.84. The summed E-state index contributed by atoms with van der Waals surface area (Å²) in [6, 6.07) is 8.76. The van der Waals surface area contributed by atoms with Gasteiger partial charge in [0.15, 0.2) is 0 Å². The van der Waals surface area contributed by atoms with Crippen LogP contribution >= 0.6 is 0 Å². The number of nitrogens with one attached hydrogen (secondary N) is 2. The minimum Gasteiger partial charge on any atom is -0.358 e. The van der Waals surface area contributed by atoms with Crippen molar-refractivity contribution in [2.24, 2.45) is 11.8 Å². The molecule has 1 unspecified atom stereocenters. The van der Waals surface area contributed by atoms with Crippen LogP contribution in [-0.2, 0) is 12.8 Å². The summed E-state index contributed by atoms with van der Waals surface area (Å²) in [6.45, 7) is 2.22. The molecule has 2 aromatic rings. The van der Waals surface area contributed by atoms with Crippen LogP contribution in [0.4, 0.5) is 0 Å². The first-order chi connectivity index (χ1) is 11.4. The first-order valence-electron chi connectivity index (χ1n) is 9.06. The lowest BCUT2D eigenvalue weighted by atomic mass is 9.81. The third kappa shape index (κ3) is 3.13. The Kier molecular flexibility index (Phi) is 4.34. The smallest absolute Gasteiger partial charge is 0.0458 e. The van der Waals surface area contributed by atoms with E-state index in [1.54, 1.807) is 0 Å². The largest absolute Gasteiger partial charge is 0.358 e. The molecule has 2 heterocycles. The van der Waals surface area contributed by atoms with E-state index in [0.29, 0.717) is 11.8 Å². The number of benzene rings is 1. The Hall–Kier alpha value is -1.80. The highest BCUT2D eigenvalue weighted by atomic mass is 14.8. The molecule has 120 valence electrons. The molecule has 0 bridgehead atoms. The average molecular weight is 306 g/mol. The molecule has 1 aromatic carbocycles. The second-order valence-electron chi connectivity index (χ2n) is 6.91. The van der Waals surface area contributed by atoms with Gasteiger partial charge >= 0.3 is 0 Å². The van der Waals surface area contributed by atoms with Gasteiger partial charge in [0.1, 0.15) is 0 Å². The second-order valence-corrected chi connectivity index (χ2v) is 6.91. The topological polar surface area (TPSA) is 27.8 Å². The third-order valence-electron chi connectivity index (χ3n) is 5.45. The first-order valence-corrected chi connectivity index (χ1v) is 9.06. The van der Waals surface area contributed by atoms with Crippen molar-refractivity contribution in [3.8, 4) is 0 Å². The number of fused-ring (bicyclic) bond motifs is 4. The molecule has 0 fully saturated rings. The molecule has 2 N–H and O–H groups in total. The van der Waals surface area contributed by atoms with Crippen LogP contribution in [-0.4, -0.2) is 18.1 Å². The van der Waals surface area contributed by atoms with Gasteiger partial charge in [0.05, 0.1) is 0 Å². The predicted octanol–water partition coefficient (Wildman–Crippen LogP) is 4.38. The molecule has 1 aliphatic heterocycles. The van der Waals surface area contributed by atoms with Crippen LogP contribution in [0.15, 0.2) is 48.6 Å². The molecular formula is C21H26N2. The van der Waals surface area contributed by atoms with Gasteiger partial charge in [-0.05, 0) is 68.7 Å². The minimum absolute atomic E-state index is 0.693. The summed E-state index contributed by atoms with van der Waals surface area (Å²) in [7, 11) is 0. The Labute approximate surface area is 138 Å². The molecule has 2 aliphatic rings. The Morgan fingerprint density at radius 3 is 2.61 bits per heavy atom. The van der Waals surface area contributed by atoms with Crippen LogP contribution in [0.25, 0.3) is 10.9 Å². The molecule has 1 aliphatic carbocycles. The molecule has 2 heteroatoms. The van der Waals surface area contributed by atoms with Gasteiger partial charge in [-0.2, -0.15) is 0 Å². The number of hydrogen-bond donors (Lipinski definition) is 2. The Bertz CT molecular complexity index is 723. The van der Waals surface area contributed by atoms with Crippen molar-refractivity contribution in [3.63, 3.8) is 0 Å². The van der Waals surface area contributed by atoms with E-state index in [4.69, 9.17) is 0 Å². The molecule has 0 saturated carbocycles. The summed E-state index contributed by atoms with van der Waals surface area (Å²) in [5.74, 6) is 1.41. The zero-order valence-corrected chi connectivity index (χ0v) is 13.7. The number of para-hydroxylation sites is 1. The standard InChI is InChI=1S/C21H26N2/c1-2-7-17-11-12-21-19(18-9-3-4-10-20(18)23-21)13-15-22-14-5-8-16(17)6-1/h1-4,6-7,9-10,16-17,22-23H,5,8,11-15H2/t16-,17?/m1/s1. The molecule has 1 aromatic heterocycles. The SMILES string of the molecule is C1=CC2CCc3[nH]c4ccccc4c3CCNCCC[C@H]2C=C1. The van der Waals surface area contributed by atoms with Gasteiger partial charge in [0, 0.05) is 16.6 Å². The van der Waals surface area contributed by atoms with Crippen molar-refractivity contribution in [1.82, 2.24) is 10.3 Å². The molecule has 0 radical (unpaired) electrons. The fraction of sp³-hybridized carbons (Fsp3) is 0.429. The molecule has 23 heavy (non-hydrogen) atoms. The van der Waals surface area contributed by atoms with Crippen LogP contribution in [0.2, 0.25) is 0 Å². The van der Waals surface area contributed by atoms with Gasteiger partial charge in [-0.15, -0.1) is 0 Å². The molecule has 4 rings (SSSR count). The van der Waals surface area contributed by atoms with Gasteiger partial charge < -0.3 is 10.3 Å². The average Bonchev–Trinajstić information content (AvgIpc) is 2.93. The number of aryl methyl sites for hydroxylation is 1. The lowest BCUT2D eigenvalue weighted by molar-refractivity contribution is 0.399. The van der Waals surface area contributed by atoms with Crippen molar-refractivity contribution >= 4 is 10.9 Å². The van der Waals surface area contributed by atoms with Gasteiger partial charge in [-0.1, -0.05) is 42.5 Å². The minimum atomic E-state index is 0.693. The van der Waals surface area contributed by atoms with E-state index >= 15 is 0 Å². The molecule has 2 nitrogen and oxygen atoms in total. The fourth-order valence-corrected chi connectivity index (χ4v) is 4.19. The molecular weight excluding hydrogens is 280 g/mol. The maximum atomic E-state index is 3.69. The van der Waals surface area contributed by atoms with Gasteiger partial charge in [0.25, 0.3) is 0 Å². The van der Waals surface area contributed by atoms with Gasteiger partial charge in [0.2, 0.25) is 0 Å². The Morgan fingerprint density at radius 2 is 1.70 bits per heavy atom. The number of allylic oxidation sites excluding steroid dienone is 4. The summed E-state index contributed by atoms with van der Waals surface area (Å²) in [4.78, 5) is 3.69.